The van der Waals surface area contributed by atoms with Crippen molar-refractivity contribution in [1.82, 2.24) is 14.6 Å². The third-order valence-electron chi connectivity index (χ3n) is 4.82. The van der Waals surface area contributed by atoms with Crippen molar-refractivity contribution in [2.24, 2.45) is 0 Å². The molecule has 0 aliphatic carbocycles. The Morgan fingerprint density at radius 1 is 1.21 bits per heavy atom. The number of aromatic nitrogens is 2. The average molecular weight is 495 g/mol. The topological polar surface area (TPSA) is 147 Å². The average Bonchev–Trinajstić information content (AvgIpc) is 3.29. The predicted molar refractivity (Wildman–Crippen MR) is 121 cm³/mol. The fourth-order valence-electron chi connectivity index (χ4n) is 3.02. The fourth-order valence-corrected chi connectivity index (χ4v) is 4.52. The molecule has 1 aromatic carbocycles. The number of hydrogen-bond donors (Lipinski definition) is 2. The summed E-state index contributed by atoms with van der Waals surface area (Å²) in [7, 11) is -1.37. The van der Waals surface area contributed by atoms with Crippen LogP contribution >= 0.6 is 7.75 Å². The highest BCUT2D eigenvalue weighted by atomic mass is 31.2. The number of carbonyl (C=O) groups is 1. The second-order valence-electron chi connectivity index (χ2n) is 7.36. The second kappa shape index (κ2) is 10.8. The fraction of sp³-hybridized carbons (Fsp3) is 0.381. The summed E-state index contributed by atoms with van der Waals surface area (Å²) in [6, 6.07) is 5.30. The Balaban J connectivity index is 1.71. The molecule has 1 aromatic heterocycles. The first-order valence-electron chi connectivity index (χ1n) is 10.2. The van der Waals surface area contributed by atoms with Crippen LogP contribution < -0.4 is 25.6 Å². The summed E-state index contributed by atoms with van der Waals surface area (Å²) >= 11 is 0. The van der Waals surface area contributed by atoms with E-state index in [4.69, 9.17) is 18.5 Å². The molecule has 2 aromatic rings. The van der Waals surface area contributed by atoms with Crippen LogP contribution in [0.2, 0.25) is 0 Å². The summed E-state index contributed by atoms with van der Waals surface area (Å²) in [6.45, 7) is 2.79. The molecule has 1 unspecified atom stereocenters. The molecule has 0 spiro atoms. The molecule has 1 aliphatic rings. The molecule has 34 heavy (non-hydrogen) atoms. The standard InChI is InChI=1S/C21H26N3O9P/c1-13-11-24(21(27)22-19(13)25)18-10-9-17(32-18)12-31-34(28,23-14(2)20(26)30-4)33-16-7-5-15(29-3)6-8-16/h5-11,14,17-18H,12H2,1-4H3,(H,23,28)(H,22,25,27)/t14-,17-,18+,34?/m0/s1. The van der Waals surface area contributed by atoms with Gasteiger partial charge in [0, 0.05) is 11.8 Å². The van der Waals surface area contributed by atoms with E-state index in [0.717, 1.165) is 0 Å². The van der Waals surface area contributed by atoms with Crippen molar-refractivity contribution in [2.75, 3.05) is 20.8 Å². The molecule has 4 atom stereocenters. The lowest BCUT2D eigenvalue weighted by atomic mass is 10.3. The van der Waals surface area contributed by atoms with Gasteiger partial charge in [-0.3, -0.25) is 23.7 Å². The maximum Gasteiger partial charge on any atom is 0.459 e. The lowest BCUT2D eigenvalue weighted by molar-refractivity contribution is -0.142. The van der Waals surface area contributed by atoms with Crippen LogP contribution in [0.3, 0.4) is 0 Å². The quantitative estimate of drug-likeness (QED) is 0.283. The summed E-state index contributed by atoms with van der Waals surface area (Å²) in [4.78, 5) is 37.7. The zero-order valence-electron chi connectivity index (χ0n) is 19.0. The molecule has 0 fully saturated rings. The van der Waals surface area contributed by atoms with Crippen LogP contribution in [-0.2, 0) is 23.4 Å². The molecule has 0 saturated heterocycles. The number of nitrogens with zero attached hydrogens (tertiary/aromatic N) is 1. The number of rotatable bonds is 10. The highest BCUT2D eigenvalue weighted by molar-refractivity contribution is 7.52. The first-order chi connectivity index (χ1) is 16.1. The number of carbonyl (C=O) groups excluding carboxylic acids is 1. The van der Waals surface area contributed by atoms with Gasteiger partial charge in [0.1, 0.15) is 23.6 Å². The number of hydrogen-bond acceptors (Lipinski definition) is 9. The number of aromatic amines is 1. The van der Waals surface area contributed by atoms with E-state index < -0.39 is 43.3 Å². The highest BCUT2D eigenvalue weighted by Gasteiger charge is 2.34. The maximum absolute atomic E-state index is 13.4. The summed E-state index contributed by atoms with van der Waals surface area (Å²) in [5, 5.41) is 2.54. The van der Waals surface area contributed by atoms with E-state index in [9.17, 15) is 18.9 Å². The molecular weight excluding hydrogens is 469 g/mol. The van der Waals surface area contributed by atoms with Crippen LogP contribution in [0.1, 0.15) is 18.7 Å². The molecule has 2 N–H and O–H groups in total. The summed E-state index contributed by atoms with van der Waals surface area (Å²) in [5.74, 6) is 0.124. The van der Waals surface area contributed by atoms with Gasteiger partial charge in [-0.1, -0.05) is 6.08 Å². The van der Waals surface area contributed by atoms with Crippen molar-refractivity contribution in [2.45, 2.75) is 32.2 Å². The normalized spacial score (nSPS) is 19.9. The van der Waals surface area contributed by atoms with Crippen molar-refractivity contribution in [3.05, 3.63) is 69.0 Å². The first kappa shape index (κ1) is 25.4. The Hall–Kier alpha value is -3.18. The van der Waals surface area contributed by atoms with Crippen LogP contribution in [0.4, 0.5) is 0 Å². The third kappa shape index (κ3) is 6.23. The largest absolute Gasteiger partial charge is 0.497 e. The molecule has 0 radical (unpaired) electrons. The van der Waals surface area contributed by atoms with Crippen molar-refractivity contribution in [3.8, 4) is 11.5 Å². The molecular formula is C21H26N3O9P. The van der Waals surface area contributed by atoms with E-state index in [0.29, 0.717) is 11.3 Å². The molecule has 0 amide bonds. The van der Waals surface area contributed by atoms with Crippen LogP contribution in [0.5, 0.6) is 11.5 Å². The third-order valence-corrected chi connectivity index (χ3v) is 6.47. The molecule has 13 heteroatoms. The predicted octanol–water partition coefficient (Wildman–Crippen LogP) is 1.66. The van der Waals surface area contributed by atoms with Gasteiger partial charge in [0.2, 0.25) is 0 Å². The van der Waals surface area contributed by atoms with Crippen LogP contribution in [0, 0.1) is 6.92 Å². The van der Waals surface area contributed by atoms with Crippen LogP contribution in [-0.4, -0.2) is 48.5 Å². The van der Waals surface area contributed by atoms with Gasteiger partial charge >= 0.3 is 19.4 Å². The van der Waals surface area contributed by atoms with Gasteiger partial charge in [0.05, 0.1) is 20.8 Å². The van der Waals surface area contributed by atoms with Gasteiger partial charge in [-0.2, -0.15) is 5.09 Å². The van der Waals surface area contributed by atoms with E-state index in [1.165, 1.54) is 44.0 Å². The van der Waals surface area contributed by atoms with Gasteiger partial charge < -0.3 is 18.7 Å². The molecule has 2 heterocycles. The van der Waals surface area contributed by atoms with Crippen LogP contribution in [0.15, 0.2) is 52.2 Å². The zero-order chi connectivity index (χ0) is 24.9. The van der Waals surface area contributed by atoms with E-state index >= 15 is 0 Å². The number of ether oxygens (including phenoxy) is 3. The van der Waals surface area contributed by atoms with E-state index in [1.807, 2.05) is 0 Å². The molecule has 1 aliphatic heterocycles. The molecule has 12 nitrogen and oxygen atoms in total. The van der Waals surface area contributed by atoms with Gasteiger partial charge in [-0.05, 0) is 44.2 Å². The molecule has 184 valence electrons. The number of H-pyrrole nitrogens is 1. The van der Waals surface area contributed by atoms with E-state index in [1.54, 1.807) is 31.2 Å². The minimum atomic E-state index is -4.08. The Kier molecular flexibility index (Phi) is 8.11. The van der Waals surface area contributed by atoms with Gasteiger partial charge in [-0.25, -0.2) is 9.36 Å². The Morgan fingerprint density at radius 2 is 1.88 bits per heavy atom. The maximum atomic E-state index is 13.4. The van der Waals surface area contributed by atoms with Crippen LogP contribution in [0.25, 0.3) is 0 Å². The molecule has 3 rings (SSSR count). The van der Waals surface area contributed by atoms with E-state index in [-0.39, 0.29) is 12.4 Å². The van der Waals surface area contributed by atoms with Gasteiger partial charge in [0.15, 0.2) is 6.23 Å². The zero-order valence-corrected chi connectivity index (χ0v) is 19.9. The van der Waals surface area contributed by atoms with Crippen molar-refractivity contribution < 1.29 is 32.6 Å². The molecule has 0 bridgehead atoms. The molecule has 0 saturated carbocycles. The van der Waals surface area contributed by atoms with Crippen molar-refractivity contribution in [3.63, 3.8) is 0 Å². The first-order valence-corrected chi connectivity index (χ1v) is 11.8. The number of aryl methyl sites for hydroxylation is 1. The summed E-state index contributed by atoms with van der Waals surface area (Å²) < 4.78 is 41.3. The number of methoxy groups -OCH3 is 2. The van der Waals surface area contributed by atoms with Crippen molar-refractivity contribution >= 4 is 13.7 Å². The number of nitrogens with one attached hydrogen (secondary N) is 2. The lowest BCUT2D eigenvalue weighted by Crippen LogP contribution is -2.35. The van der Waals surface area contributed by atoms with Gasteiger partial charge in [-0.15, -0.1) is 0 Å². The SMILES string of the molecule is COC(=O)[C@H](C)NP(=O)(OC[C@@H]1C=C[C@H](n2cc(C)c(=O)[nH]c2=O)O1)Oc1ccc(OC)cc1. The lowest BCUT2D eigenvalue weighted by Gasteiger charge is -2.24. The number of esters is 1. The monoisotopic (exact) mass is 495 g/mol. The Morgan fingerprint density at radius 3 is 2.53 bits per heavy atom. The smallest absolute Gasteiger partial charge is 0.459 e. The summed E-state index contributed by atoms with van der Waals surface area (Å²) in [5.41, 5.74) is -0.769. The summed E-state index contributed by atoms with van der Waals surface area (Å²) in [6.07, 6.45) is 3.13. The minimum Gasteiger partial charge on any atom is -0.497 e. The van der Waals surface area contributed by atoms with Gasteiger partial charge in [0.25, 0.3) is 5.56 Å². The minimum absolute atomic E-state index is 0.213. The Bertz CT molecular complexity index is 1210. The Labute approximate surface area is 195 Å². The highest BCUT2D eigenvalue weighted by Crippen LogP contribution is 2.45. The van der Waals surface area contributed by atoms with Crippen molar-refractivity contribution in [1.29, 1.82) is 0 Å². The van der Waals surface area contributed by atoms with E-state index in [2.05, 4.69) is 14.8 Å². The number of benzene rings is 1. The second-order valence-corrected chi connectivity index (χ2v) is 9.06.